The van der Waals surface area contributed by atoms with Crippen LogP contribution < -0.4 is 0 Å². The van der Waals surface area contributed by atoms with Gasteiger partial charge < -0.3 is 34.3 Å². The largest absolute Gasteiger partial charge is 0.467 e. The Balaban J connectivity index is 1.67. The van der Waals surface area contributed by atoms with Gasteiger partial charge in [0.05, 0.1) is 38.1 Å². The van der Waals surface area contributed by atoms with Crippen LogP contribution in [0, 0.1) is 34.5 Å². The van der Waals surface area contributed by atoms with Crippen LogP contribution in [0.1, 0.15) is 33.6 Å². The molecule has 1 spiro atoms. The van der Waals surface area contributed by atoms with Gasteiger partial charge in [0.15, 0.2) is 5.78 Å². The summed E-state index contributed by atoms with van der Waals surface area (Å²) in [7, 11) is 0.969. The lowest BCUT2D eigenvalue weighted by atomic mass is 9.38. The normalized spacial score (nSPS) is 46.4. The second-order valence-electron chi connectivity index (χ2n) is 11.9. The molecular formula is C26H31F3O11. The molecule has 0 aromatic carbocycles. The first-order valence-corrected chi connectivity index (χ1v) is 12.9. The highest BCUT2D eigenvalue weighted by atomic mass is 19.4. The number of fused-ring (bicyclic) bond motifs is 2. The first-order valence-electron chi connectivity index (χ1n) is 12.9. The number of aliphatic hydroxyl groups excluding tert-OH is 3. The van der Waals surface area contributed by atoms with Crippen molar-refractivity contribution < 1.29 is 66.6 Å². The fraction of sp³-hybridized carbons (Fsp3) is 0.769. The minimum absolute atomic E-state index is 0.0249. The van der Waals surface area contributed by atoms with Crippen molar-refractivity contribution in [2.24, 2.45) is 34.5 Å². The average molecular weight is 577 g/mol. The Morgan fingerprint density at radius 2 is 1.85 bits per heavy atom. The molecule has 40 heavy (non-hydrogen) atoms. The highest BCUT2D eigenvalue weighted by Gasteiger charge is 2.85. The molecule has 0 amide bonds. The van der Waals surface area contributed by atoms with Crippen LogP contribution >= 0.6 is 0 Å². The number of methoxy groups -OCH3 is 1. The van der Waals surface area contributed by atoms with Crippen molar-refractivity contribution in [1.29, 1.82) is 0 Å². The summed E-state index contributed by atoms with van der Waals surface area (Å²) in [4.78, 5) is 52.2. The number of ketones is 1. The smallest absolute Gasteiger partial charge is 0.392 e. The average Bonchev–Trinajstić information content (AvgIpc) is 3.17. The minimum atomic E-state index is -4.73. The molecule has 5 rings (SSSR count). The van der Waals surface area contributed by atoms with Crippen LogP contribution in [0.15, 0.2) is 11.6 Å². The van der Waals surface area contributed by atoms with Gasteiger partial charge >= 0.3 is 24.1 Å². The van der Waals surface area contributed by atoms with Gasteiger partial charge in [-0.2, -0.15) is 13.2 Å². The molecule has 2 saturated heterocycles. The molecule has 0 aromatic heterocycles. The molecule has 0 radical (unpaired) electrons. The zero-order valence-corrected chi connectivity index (χ0v) is 22.1. The van der Waals surface area contributed by atoms with E-state index in [9.17, 15) is 47.7 Å². The number of ether oxygens (including phenoxy) is 4. The fourth-order valence-corrected chi connectivity index (χ4v) is 8.37. The van der Waals surface area contributed by atoms with E-state index in [1.54, 1.807) is 13.8 Å². The standard InChI is InChI=1S/C26H31F3O11/c1-9-5-12(30)19(33)23(3)11(9)7-13-24-8-38-25(22(36)37-4,20(34)15(32)17(23)24)18(24)16(21(35)39-13)40-14(31)6-10(2)26(27,28)29/h5,10-11,13,15-20,32-34H,6-8H2,1-4H3/t10?,11-,13+,15?,16+,17?,18+,19+,20-,23-,24+,25+/m0/s1. The van der Waals surface area contributed by atoms with Crippen molar-refractivity contribution >= 4 is 23.7 Å². The molecule has 2 bridgehead atoms. The van der Waals surface area contributed by atoms with Gasteiger partial charge in [-0.15, -0.1) is 0 Å². The van der Waals surface area contributed by atoms with Gasteiger partial charge in [0.2, 0.25) is 11.7 Å². The molecule has 3 aliphatic carbocycles. The van der Waals surface area contributed by atoms with Crippen molar-refractivity contribution in [1.82, 2.24) is 0 Å². The number of carbonyl (C=O) groups excluding carboxylic acids is 4. The maximum absolute atomic E-state index is 13.4. The minimum Gasteiger partial charge on any atom is -0.467 e. The van der Waals surface area contributed by atoms with Crippen LogP contribution in [0.25, 0.3) is 0 Å². The van der Waals surface area contributed by atoms with Crippen molar-refractivity contribution in [2.45, 2.75) is 75.9 Å². The molecule has 5 aliphatic rings. The summed E-state index contributed by atoms with van der Waals surface area (Å²) in [5.41, 5.74) is -5.00. The summed E-state index contributed by atoms with van der Waals surface area (Å²) in [5, 5.41) is 34.3. The molecule has 2 aliphatic heterocycles. The van der Waals surface area contributed by atoms with Gasteiger partial charge in [-0.05, 0) is 25.3 Å². The monoisotopic (exact) mass is 576 g/mol. The highest BCUT2D eigenvalue weighted by Crippen LogP contribution is 2.72. The fourth-order valence-electron chi connectivity index (χ4n) is 8.37. The molecule has 222 valence electrons. The Morgan fingerprint density at radius 1 is 1.20 bits per heavy atom. The number of esters is 3. The van der Waals surface area contributed by atoms with Crippen LogP contribution in [0.2, 0.25) is 0 Å². The van der Waals surface area contributed by atoms with Crippen LogP contribution in [-0.4, -0.2) is 95.0 Å². The molecule has 2 saturated carbocycles. The zero-order valence-electron chi connectivity index (χ0n) is 22.1. The lowest BCUT2D eigenvalue weighted by Crippen LogP contribution is -2.80. The molecule has 11 nitrogen and oxygen atoms in total. The van der Waals surface area contributed by atoms with Crippen LogP contribution in [0.3, 0.4) is 0 Å². The van der Waals surface area contributed by atoms with E-state index in [1.165, 1.54) is 6.08 Å². The van der Waals surface area contributed by atoms with Gasteiger partial charge in [-0.25, -0.2) is 9.59 Å². The third-order valence-electron chi connectivity index (χ3n) is 10.1. The Hall–Kier alpha value is -2.55. The molecule has 4 fully saturated rings. The lowest BCUT2D eigenvalue weighted by Gasteiger charge is -2.67. The summed E-state index contributed by atoms with van der Waals surface area (Å²) in [5.74, 6) is -10.0. The highest BCUT2D eigenvalue weighted by molar-refractivity contribution is 5.96. The molecule has 2 heterocycles. The second kappa shape index (κ2) is 8.97. The quantitative estimate of drug-likeness (QED) is 0.310. The SMILES string of the molecule is COC(=O)[C@]12OC[C@]34C(C(O)[C@@H]1O)[C@@]1(C)[C@H](O)C(=O)C=C(C)[C@@H]1C[C@H]3OC(=O)[C@H](OC(=O)CC(C)C(F)(F)F)[C@@H]24. The molecule has 14 heteroatoms. The third kappa shape index (κ3) is 3.45. The van der Waals surface area contributed by atoms with E-state index in [0.29, 0.717) is 5.57 Å². The number of hydrogen-bond acceptors (Lipinski definition) is 11. The Morgan fingerprint density at radius 3 is 2.45 bits per heavy atom. The predicted molar refractivity (Wildman–Crippen MR) is 123 cm³/mol. The molecule has 0 aromatic rings. The molecule has 12 atom stereocenters. The van der Waals surface area contributed by atoms with E-state index < -0.39 is 114 Å². The summed E-state index contributed by atoms with van der Waals surface area (Å²) in [6.45, 7) is 3.51. The van der Waals surface area contributed by atoms with E-state index in [4.69, 9.17) is 18.9 Å². The number of halogens is 3. The number of alkyl halides is 3. The van der Waals surface area contributed by atoms with E-state index in [1.807, 2.05) is 0 Å². The van der Waals surface area contributed by atoms with E-state index >= 15 is 0 Å². The van der Waals surface area contributed by atoms with Gasteiger partial charge in [-0.3, -0.25) is 9.59 Å². The number of rotatable bonds is 4. The van der Waals surface area contributed by atoms with Crippen LogP contribution in [-0.2, 0) is 38.1 Å². The summed E-state index contributed by atoms with van der Waals surface area (Å²) >= 11 is 0. The zero-order chi connectivity index (χ0) is 29.7. The van der Waals surface area contributed by atoms with Crippen LogP contribution in [0.4, 0.5) is 13.2 Å². The topological polar surface area (TPSA) is 166 Å². The molecule has 3 unspecified atom stereocenters. The Bertz CT molecular complexity index is 1180. The van der Waals surface area contributed by atoms with E-state index in [2.05, 4.69) is 0 Å². The Kier molecular flexibility index (Phi) is 6.50. The van der Waals surface area contributed by atoms with Gasteiger partial charge in [0.1, 0.15) is 18.3 Å². The number of allylic oxidation sites excluding steroid dienone is 1. The molecule has 3 N–H and O–H groups in total. The van der Waals surface area contributed by atoms with Crippen molar-refractivity contribution in [3.05, 3.63) is 11.6 Å². The van der Waals surface area contributed by atoms with Gasteiger partial charge in [0, 0.05) is 16.7 Å². The van der Waals surface area contributed by atoms with E-state index in [-0.39, 0.29) is 6.42 Å². The van der Waals surface area contributed by atoms with Crippen molar-refractivity contribution in [2.75, 3.05) is 13.7 Å². The summed E-state index contributed by atoms with van der Waals surface area (Å²) in [6, 6.07) is 0. The van der Waals surface area contributed by atoms with Crippen molar-refractivity contribution in [3.63, 3.8) is 0 Å². The summed E-state index contributed by atoms with van der Waals surface area (Å²) in [6.07, 6.45) is -13.3. The predicted octanol–water partition coefficient (Wildman–Crippen LogP) is 0.224. The second-order valence-corrected chi connectivity index (χ2v) is 11.9. The number of aliphatic hydroxyl groups is 3. The third-order valence-corrected chi connectivity index (χ3v) is 10.1. The van der Waals surface area contributed by atoms with Gasteiger partial charge in [-0.1, -0.05) is 19.4 Å². The summed E-state index contributed by atoms with van der Waals surface area (Å²) < 4.78 is 61.2. The van der Waals surface area contributed by atoms with Gasteiger partial charge in [0.25, 0.3) is 0 Å². The molecular weight excluding hydrogens is 545 g/mol. The first-order chi connectivity index (χ1) is 18.5. The Labute approximate surface area is 226 Å². The van der Waals surface area contributed by atoms with E-state index in [0.717, 1.165) is 14.0 Å². The number of carbonyl (C=O) groups is 4. The van der Waals surface area contributed by atoms with Crippen molar-refractivity contribution in [3.8, 4) is 0 Å². The first kappa shape index (κ1) is 29.0. The maximum Gasteiger partial charge on any atom is 0.392 e. The number of hydrogen-bond donors (Lipinski definition) is 3. The lowest BCUT2D eigenvalue weighted by molar-refractivity contribution is -0.298. The maximum atomic E-state index is 13.4. The van der Waals surface area contributed by atoms with Crippen LogP contribution in [0.5, 0.6) is 0 Å².